The van der Waals surface area contributed by atoms with Crippen LogP contribution in [-0.2, 0) is 25.1 Å². The average molecular weight is 484 g/mol. The molecule has 5 heterocycles. The number of fused-ring (bicyclic) bond motifs is 5. The number of nitrogens with one attached hydrogen (secondary N) is 2. The number of carbonyl (C=O) groups excluding carboxylic acids is 1. The number of nitrogens with zero attached hydrogens (tertiary/aromatic N) is 3. The maximum Gasteiger partial charge on any atom is 0.278 e. The van der Waals surface area contributed by atoms with Crippen LogP contribution in [0.15, 0.2) is 64.4 Å². The molecule has 1 amide bonds. The molecule has 3 aliphatic heterocycles. The Morgan fingerprint density at radius 1 is 1.06 bits per heavy atom. The first kappa shape index (κ1) is 20.4. The lowest BCUT2D eigenvalue weighted by Gasteiger charge is -2.42. The van der Waals surface area contributed by atoms with Crippen molar-refractivity contribution in [3.63, 3.8) is 0 Å². The van der Waals surface area contributed by atoms with Crippen molar-refractivity contribution in [3.05, 3.63) is 98.6 Å². The number of H-pyrrole nitrogens is 1. The lowest BCUT2D eigenvalue weighted by molar-refractivity contribution is 0.0594. The van der Waals surface area contributed by atoms with E-state index in [0.29, 0.717) is 18.7 Å². The van der Waals surface area contributed by atoms with Crippen molar-refractivity contribution in [1.29, 1.82) is 0 Å². The molecular weight excluding hydrogens is 462 g/mol. The molecule has 7 rings (SSSR count). The summed E-state index contributed by atoms with van der Waals surface area (Å²) in [5.41, 5.74) is 9.74. The Hall–Kier alpha value is -3.98. The first-order valence-corrected chi connectivity index (χ1v) is 12.5. The van der Waals surface area contributed by atoms with Gasteiger partial charge in [-0.2, -0.15) is 5.10 Å². The third-order valence-corrected chi connectivity index (χ3v) is 8.29. The molecule has 0 fully saturated rings. The largest absolute Gasteiger partial charge is 0.502 e. The summed E-state index contributed by atoms with van der Waals surface area (Å²) in [5, 5.41) is 17.8. The number of pyridine rings is 1. The van der Waals surface area contributed by atoms with Crippen LogP contribution in [0.5, 0.6) is 5.75 Å². The van der Waals surface area contributed by atoms with Gasteiger partial charge in [0.15, 0.2) is 11.4 Å². The molecule has 0 spiro atoms. The van der Waals surface area contributed by atoms with Gasteiger partial charge < -0.3 is 15.4 Å². The van der Waals surface area contributed by atoms with E-state index in [4.69, 9.17) is 0 Å². The van der Waals surface area contributed by atoms with Gasteiger partial charge in [0.25, 0.3) is 5.91 Å². The van der Waals surface area contributed by atoms with Gasteiger partial charge in [0.1, 0.15) is 6.17 Å². The Balaban J connectivity index is 1.41. The zero-order chi connectivity index (χ0) is 23.7. The SMILES string of the molecule is O=C1c2c(O)c(=O)cc(-c3cccc4c3Cc3ccccc3SC4)n2N[C@@H]2Cc3cn[nH]c3CN12. The summed E-state index contributed by atoms with van der Waals surface area (Å²) < 4.78 is 1.62. The summed E-state index contributed by atoms with van der Waals surface area (Å²) in [7, 11) is 0. The molecule has 0 bridgehead atoms. The van der Waals surface area contributed by atoms with E-state index in [1.54, 1.807) is 27.5 Å². The van der Waals surface area contributed by atoms with Crippen LogP contribution in [0.2, 0.25) is 0 Å². The Morgan fingerprint density at radius 2 is 1.91 bits per heavy atom. The second kappa shape index (κ2) is 7.51. The lowest BCUT2D eigenvalue weighted by Crippen LogP contribution is -2.56. The van der Waals surface area contributed by atoms with Gasteiger partial charge in [0.2, 0.25) is 5.43 Å². The number of amides is 1. The van der Waals surface area contributed by atoms with E-state index in [1.807, 2.05) is 18.2 Å². The van der Waals surface area contributed by atoms with Crippen molar-refractivity contribution in [2.75, 3.05) is 5.43 Å². The van der Waals surface area contributed by atoms with Gasteiger partial charge in [-0.25, -0.2) is 4.68 Å². The van der Waals surface area contributed by atoms with Crippen molar-refractivity contribution in [3.8, 4) is 17.0 Å². The van der Waals surface area contributed by atoms with Gasteiger partial charge in [-0.3, -0.25) is 14.7 Å². The molecule has 1 atom stereocenters. The molecule has 35 heavy (non-hydrogen) atoms. The maximum atomic E-state index is 13.6. The van der Waals surface area contributed by atoms with Crippen LogP contribution >= 0.6 is 11.8 Å². The quantitative estimate of drug-likeness (QED) is 0.384. The van der Waals surface area contributed by atoms with E-state index in [1.165, 1.54) is 22.1 Å². The fraction of sp³-hybridized carbons (Fsp3) is 0.192. The van der Waals surface area contributed by atoms with Crippen LogP contribution in [0.4, 0.5) is 0 Å². The molecule has 9 heteroatoms. The van der Waals surface area contributed by atoms with Crippen molar-refractivity contribution in [2.24, 2.45) is 0 Å². The molecule has 0 unspecified atom stereocenters. The van der Waals surface area contributed by atoms with Gasteiger partial charge in [0.05, 0.1) is 24.1 Å². The minimum Gasteiger partial charge on any atom is -0.502 e. The Kier molecular flexibility index (Phi) is 4.38. The van der Waals surface area contributed by atoms with Crippen LogP contribution in [0.1, 0.15) is 38.4 Å². The van der Waals surface area contributed by atoms with Gasteiger partial charge in [-0.15, -0.1) is 11.8 Å². The van der Waals surface area contributed by atoms with Crippen LogP contribution in [-0.4, -0.2) is 37.0 Å². The monoisotopic (exact) mass is 483 g/mol. The van der Waals surface area contributed by atoms with Crippen molar-refractivity contribution >= 4 is 17.7 Å². The summed E-state index contributed by atoms with van der Waals surface area (Å²) in [6.07, 6.45) is 2.75. The second-order valence-corrected chi connectivity index (χ2v) is 10.1. The lowest BCUT2D eigenvalue weighted by atomic mass is 9.93. The number of aromatic amines is 1. The Bertz CT molecular complexity index is 1590. The summed E-state index contributed by atoms with van der Waals surface area (Å²) in [6.45, 7) is 0.332. The number of hydrogen-bond donors (Lipinski definition) is 3. The first-order valence-electron chi connectivity index (χ1n) is 11.5. The Morgan fingerprint density at radius 3 is 2.83 bits per heavy atom. The maximum absolute atomic E-state index is 13.6. The third kappa shape index (κ3) is 3.04. The fourth-order valence-corrected chi connectivity index (χ4v) is 6.43. The number of hydrogen-bond acceptors (Lipinski definition) is 6. The van der Waals surface area contributed by atoms with Gasteiger partial charge in [0, 0.05) is 28.7 Å². The van der Waals surface area contributed by atoms with Crippen LogP contribution in [0.3, 0.4) is 0 Å². The zero-order valence-electron chi connectivity index (χ0n) is 18.6. The molecule has 8 nitrogen and oxygen atoms in total. The van der Waals surface area contributed by atoms with E-state index in [2.05, 4.69) is 39.9 Å². The van der Waals surface area contributed by atoms with Gasteiger partial charge >= 0.3 is 0 Å². The van der Waals surface area contributed by atoms with Crippen LogP contribution in [0.25, 0.3) is 11.3 Å². The molecule has 2 aromatic heterocycles. The fourth-order valence-electron chi connectivity index (χ4n) is 5.35. The molecule has 4 aromatic rings. The summed E-state index contributed by atoms with van der Waals surface area (Å²) >= 11 is 1.81. The summed E-state index contributed by atoms with van der Waals surface area (Å²) in [4.78, 5) is 29.4. The number of carbonyl (C=O) groups is 1. The first-order chi connectivity index (χ1) is 17.1. The van der Waals surface area contributed by atoms with Crippen molar-refractivity contribution in [2.45, 2.75) is 36.2 Å². The smallest absolute Gasteiger partial charge is 0.278 e. The second-order valence-electron chi connectivity index (χ2n) is 9.10. The van der Waals surface area contributed by atoms with Crippen LogP contribution < -0.4 is 10.9 Å². The molecule has 3 aliphatic rings. The molecule has 174 valence electrons. The van der Waals surface area contributed by atoms with Crippen LogP contribution in [0, 0.1) is 0 Å². The summed E-state index contributed by atoms with van der Waals surface area (Å²) in [6, 6.07) is 15.9. The van der Waals surface area contributed by atoms with E-state index < -0.39 is 11.2 Å². The number of rotatable bonds is 1. The van der Waals surface area contributed by atoms with Gasteiger partial charge in [-0.05, 0) is 34.7 Å². The normalized spacial score (nSPS) is 17.9. The molecule has 0 aliphatic carbocycles. The number of benzene rings is 2. The predicted octanol–water partition coefficient (Wildman–Crippen LogP) is 3.22. The highest BCUT2D eigenvalue weighted by Gasteiger charge is 2.39. The molecule has 0 saturated carbocycles. The average Bonchev–Trinajstić information content (AvgIpc) is 3.23. The zero-order valence-corrected chi connectivity index (χ0v) is 19.4. The third-order valence-electron chi connectivity index (χ3n) is 7.13. The highest BCUT2D eigenvalue weighted by Crippen LogP contribution is 2.39. The molecule has 0 radical (unpaired) electrons. The standard InChI is InChI=1S/C26H21N5O3S/c32-21-10-20(17-6-3-5-15-13-35-22-7-2-1-4-14(22)8-18(15)17)31-24(25(21)33)26(34)30-12-19-16(11-27-28-19)9-23(30)29-31/h1-7,10-11,23,29,33H,8-9,12-13H2,(H,27,28)/t23-/m0/s1. The number of aromatic hydroxyl groups is 1. The highest BCUT2D eigenvalue weighted by atomic mass is 32.2. The minimum absolute atomic E-state index is 0.0345. The van der Waals surface area contributed by atoms with E-state index in [9.17, 15) is 14.7 Å². The highest BCUT2D eigenvalue weighted by molar-refractivity contribution is 7.98. The predicted molar refractivity (Wildman–Crippen MR) is 132 cm³/mol. The molecule has 0 saturated heterocycles. The Labute approximate surface area is 204 Å². The molecule has 2 aromatic carbocycles. The van der Waals surface area contributed by atoms with Crippen molar-refractivity contribution in [1.82, 2.24) is 19.8 Å². The van der Waals surface area contributed by atoms with E-state index in [0.717, 1.165) is 34.6 Å². The molecule has 3 N–H and O–H groups in total. The minimum atomic E-state index is -0.569. The van der Waals surface area contributed by atoms with E-state index in [-0.39, 0.29) is 17.8 Å². The number of aromatic nitrogens is 3. The van der Waals surface area contributed by atoms with E-state index >= 15 is 0 Å². The number of thioether (sulfide) groups is 1. The van der Waals surface area contributed by atoms with Gasteiger partial charge in [-0.1, -0.05) is 36.4 Å². The topological polar surface area (TPSA) is 103 Å². The van der Waals surface area contributed by atoms with Crippen molar-refractivity contribution < 1.29 is 9.90 Å². The summed E-state index contributed by atoms with van der Waals surface area (Å²) in [5.74, 6) is -0.0992. The molecular formula is C26H21N5O3S.